The Kier molecular flexibility index (Phi) is 5.23. The van der Waals surface area contributed by atoms with Crippen molar-refractivity contribution in [2.24, 2.45) is 5.92 Å². The third-order valence-corrected chi connectivity index (χ3v) is 3.97. The van der Waals surface area contributed by atoms with E-state index < -0.39 is 0 Å². The third-order valence-electron chi connectivity index (χ3n) is 3.71. The zero-order chi connectivity index (χ0) is 13.7. The van der Waals surface area contributed by atoms with Crippen LogP contribution >= 0.6 is 11.6 Å². The summed E-state index contributed by atoms with van der Waals surface area (Å²) in [4.78, 5) is 14.1. The summed E-state index contributed by atoms with van der Waals surface area (Å²) in [5.74, 6) is 0.493. The molecule has 1 N–H and O–H groups in total. The average molecular weight is 281 g/mol. The summed E-state index contributed by atoms with van der Waals surface area (Å²) in [6.07, 6.45) is 2.80. The fourth-order valence-corrected chi connectivity index (χ4v) is 2.56. The number of hydrogen-bond donors (Lipinski definition) is 1. The molecule has 0 radical (unpaired) electrons. The maximum Gasteiger partial charge on any atom is 0.225 e. The number of piperidine rings is 1. The van der Waals surface area contributed by atoms with E-state index in [1.165, 1.54) is 5.56 Å². The first-order valence-electron chi connectivity index (χ1n) is 6.87. The van der Waals surface area contributed by atoms with Crippen molar-refractivity contribution < 1.29 is 4.79 Å². The van der Waals surface area contributed by atoms with Gasteiger partial charge in [0, 0.05) is 24.5 Å². The predicted molar refractivity (Wildman–Crippen MR) is 78.4 cm³/mol. The van der Waals surface area contributed by atoms with Crippen LogP contribution in [0.5, 0.6) is 0 Å². The Balaban J connectivity index is 1.81. The van der Waals surface area contributed by atoms with Gasteiger partial charge in [0.25, 0.3) is 0 Å². The molecule has 104 valence electrons. The van der Waals surface area contributed by atoms with Crippen LogP contribution < -0.4 is 5.32 Å². The van der Waals surface area contributed by atoms with Gasteiger partial charge in [-0.25, -0.2) is 0 Å². The van der Waals surface area contributed by atoms with Crippen LogP contribution in [0.2, 0.25) is 5.02 Å². The lowest BCUT2D eigenvalue weighted by atomic mass is 9.96. The van der Waals surface area contributed by atoms with Gasteiger partial charge in [-0.05, 0) is 50.0 Å². The van der Waals surface area contributed by atoms with Crippen molar-refractivity contribution in [3.05, 3.63) is 34.9 Å². The van der Waals surface area contributed by atoms with E-state index >= 15 is 0 Å². The van der Waals surface area contributed by atoms with E-state index in [4.69, 9.17) is 11.6 Å². The minimum atomic E-state index is 0.205. The van der Waals surface area contributed by atoms with Gasteiger partial charge in [0.1, 0.15) is 0 Å². The Hall–Kier alpha value is -1.06. The molecule has 1 heterocycles. The Morgan fingerprint density at radius 1 is 1.32 bits per heavy atom. The first kappa shape index (κ1) is 14.4. The highest BCUT2D eigenvalue weighted by atomic mass is 35.5. The van der Waals surface area contributed by atoms with Crippen molar-refractivity contribution in [1.29, 1.82) is 0 Å². The van der Waals surface area contributed by atoms with Gasteiger partial charge in [-0.15, -0.1) is 0 Å². The van der Waals surface area contributed by atoms with E-state index in [-0.39, 0.29) is 11.8 Å². The van der Waals surface area contributed by atoms with Gasteiger partial charge < -0.3 is 10.2 Å². The van der Waals surface area contributed by atoms with Gasteiger partial charge in [-0.2, -0.15) is 0 Å². The van der Waals surface area contributed by atoms with Crippen LogP contribution in [-0.2, 0) is 11.2 Å². The van der Waals surface area contributed by atoms with Crippen LogP contribution in [0.4, 0.5) is 0 Å². The predicted octanol–water partition coefficient (Wildman–Crippen LogP) is 2.34. The topological polar surface area (TPSA) is 32.3 Å². The molecule has 1 aliphatic rings. The highest BCUT2D eigenvalue weighted by Crippen LogP contribution is 2.15. The molecule has 1 aromatic carbocycles. The summed E-state index contributed by atoms with van der Waals surface area (Å²) in [7, 11) is 1.90. The Morgan fingerprint density at radius 3 is 2.58 bits per heavy atom. The van der Waals surface area contributed by atoms with Crippen molar-refractivity contribution in [3.8, 4) is 0 Å². The van der Waals surface area contributed by atoms with Crippen LogP contribution in [0.15, 0.2) is 24.3 Å². The van der Waals surface area contributed by atoms with Gasteiger partial charge in [0.05, 0.1) is 0 Å². The Morgan fingerprint density at radius 2 is 1.95 bits per heavy atom. The molecule has 0 bridgehead atoms. The molecule has 1 amide bonds. The monoisotopic (exact) mass is 280 g/mol. The van der Waals surface area contributed by atoms with Gasteiger partial charge in [-0.3, -0.25) is 4.79 Å². The van der Waals surface area contributed by atoms with Crippen LogP contribution in [0.25, 0.3) is 0 Å². The molecule has 1 saturated heterocycles. The molecule has 0 atom stereocenters. The highest BCUT2D eigenvalue weighted by Gasteiger charge is 2.23. The van der Waals surface area contributed by atoms with E-state index in [0.29, 0.717) is 0 Å². The molecule has 1 aliphatic heterocycles. The van der Waals surface area contributed by atoms with Crippen LogP contribution in [-0.4, -0.2) is 37.5 Å². The number of carbonyl (C=O) groups excluding carboxylic acids is 1. The summed E-state index contributed by atoms with van der Waals surface area (Å²) >= 11 is 5.86. The molecule has 3 nitrogen and oxygen atoms in total. The lowest BCUT2D eigenvalue weighted by Crippen LogP contribution is -2.39. The molecule has 0 aliphatic carbocycles. The molecule has 4 heteroatoms. The van der Waals surface area contributed by atoms with E-state index in [0.717, 1.165) is 43.9 Å². The lowest BCUT2D eigenvalue weighted by molar-refractivity contribution is -0.134. The van der Waals surface area contributed by atoms with Crippen molar-refractivity contribution in [1.82, 2.24) is 10.2 Å². The number of halogens is 1. The summed E-state index contributed by atoms with van der Waals surface area (Å²) in [5, 5.41) is 4.04. The molecule has 0 spiro atoms. The van der Waals surface area contributed by atoms with E-state index in [1.54, 1.807) is 0 Å². The fraction of sp³-hybridized carbons (Fsp3) is 0.533. The Labute approximate surface area is 119 Å². The maximum absolute atomic E-state index is 12.3. The number of hydrogen-bond acceptors (Lipinski definition) is 2. The average Bonchev–Trinajstić information content (AvgIpc) is 2.46. The van der Waals surface area contributed by atoms with Crippen molar-refractivity contribution in [2.45, 2.75) is 19.3 Å². The molecule has 0 aromatic heterocycles. The zero-order valence-electron chi connectivity index (χ0n) is 11.4. The molecule has 19 heavy (non-hydrogen) atoms. The van der Waals surface area contributed by atoms with Crippen LogP contribution in [0.3, 0.4) is 0 Å². The van der Waals surface area contributed by atoms with Crippen molar-refractivity contribution in [3.63, 3.8) is 0 Å². The number of carbonyl (C=O) groups is 1. The lowest BCUT2D eigenvalue weighted by Gasteiger charge is -2.27. The third kappa shape index (κ3) is 4.22. The molecule has 1 aromatic rings. The standard InChI is InChI=1S/C15H21ClN2O/c1-18(15(19)13-6-9-17-10-7-13)11-8-12-2-4-14(16)5-3-12/h2-5,13,17H,6-11H2,1H3. The van der Waals surface area contributed by atoms with E-state index in [9.17, 15) is 4.79 Å². The number of rotatable bonds is 4. The second kappa shape index (κ2) is 6.92. The van der Waals surface area contributed by atoms with Crippen LogP contribution in [0, 0.1) is 5.92 Å². The zero-order valence-corrected chi connectivity index (χ0v) is 12.1. The van der Waals surface area contributed by atoms with Gasteiger partial charge >= 0.3 is 0 Å². The fourth-order valence-electron chi connectivity index (χ4n) is 2.44. The quantitative estimate of drug-likeness (QED) is 0.918. The minimum absolute atomic E-state index is 0.205. The number of likely N-dealkylation sites (N-methyl/N-ethyl adjacent to an activating group) is 1. The number of nitrogens with zero attached hydrogens (tertiary/aromatic N) is 1. The summed E-state index contributed by atoms with van der Waals surface area (Å²) in [5.41, 5.74) is 1.22. The SMILES string of the molecule is CN(CCc1ccc(Cl)cc1)C(=O)C1CCNCC1. The number of nitrogens with one attached hydrogen (secondary N) is 1. The van der Waals surface area contributed by atoms with Crippen LogP contribution in [0.1, 0.15) is 18.4 Å². The second-order valence-corrected chi connectivity index (χ2v) is 5.60. The molecular formula is C15H21ClN2O. The molecule has 2 rings (SSSR count). The van der Waals surface area contributed by atoms with Gasteiger partial charge in [0.2, 0.25) is 5.91 Å². The van der Waals surface area contributed by atoms with Crippen molar-refractivity contribution >= 4 is 17.5 Å². The number of benzene rings is 1. The summed E-state index contributed by atoms with van der Waals surface area (Å²) < 4.78 is 0. The normalized spacial score (nSPS) is 16.3. The first-order valence-corrected chi connectivity index (χ1v) is 7.25. The molecule has 0 saturated carbocycles. The molecular weight excluding hydrogens is 260 g/mol. The Bertz CT molecular complexity index is 413. The van der Waals surface area contributed by atoms with Crippen molar-refractivity contribution in [2.75, 3.05) is 26.7 Å². The number of amides is 1. The molecule has 1 fully saturated rings. The van der Waals surface area contributed by atoms with Gasteiger partial charge in [0.15, 0.2) is 0 Å². The largest absolute Gasteiger partial charge is 0.345 e. The maximum atomic E-state index is 12.3. The van der Waals surface area contributed by atoms with E-state index in [1.807, 2.05) is 36.2 Å². The minimum Gasteiger partial charge on any atom is -0.345 e. The van der Waals surface area contributed by atoms with Gasteiger partial charge in [-0.1, -0.05) is 23.7 Å². The highest BCUT2D eigenvalue weighted by molar-refractivity contribution is 6.30. The smallest absolute Gasteiger partial charge is 0.225 e. The first-order chi connectivity index (χ1) is 9.16. The second-order valence-electron chi connectivity index (χ2n) is 5.16. The summed E-state index contributed by atoms with van der Waals surface area (Å²) in [6, 6.07) is 7.83. The summed E-state index contributed by atoms with van der Waals surface area (Å²) in [6.45, 7) is 2.69. The molecule has 0 unspecified atom stereocenters. The van der Waals surface area contributed by atoms with E-state index in [2.05, 4.69) is 5.32 Å².